The van der Waals surface area contributed by atoms with Crippen molar-refractivity contribution in [2.75, 3.05) is 23.2 Å². The minimum absolute atomic E-state index is 0.0425. The van der Waals surface area contributed by atoms with Gasteiger partial charge in [-0.3, -0.25) is 14.7 Å². The second kappa shape index (κ2) is 6.89. The number of anilines is 2. The molecular formula is C23H19F3N4O4. The van der Waals surface area contributed by atoms with Crippen LogP contribution < -0.4 is 25.2 Å². The Morgan fingerprint density at radius 2 is 2.00 bits per heavy atom. The number of aromatic nitrogens is 1. The summed E-state index contributed by atoms with van der Waals surface area (Å²) >= 11 is 0. The zero-order chi connectivity index (χ0) is 23.8. The van der Waals surface area contributed by atoms with E-state index in [0.717, 1.165) is 0 Å². The number of hydrazine groups is 1. The van der Waals surface area contributed by atoms with E-state index in [4.69, 9.17) is 20.1 Å². The quantitative estimate of drug-likeness (QED) is 0.671. The molecule has 176 valence electrons. The molecule has 4 aliphatic heterocycles. The molecule has 11 heteroatoms. The van der Waals surface area contributed by atoms with Crippen molar-refractivity contribution >= 4 is 17.4 Å². The molecule has 0 saturated carbocycles. The number of allylic oxidation sites excluding steroid dienone is 1. The molecule has 6 rings (SSSR count). The van der Waals surface area contributed by atoms with Crippen molar-refractivity contribution in [1.82, 2.24) is 4.98 Å². The largest absolute Gasteiger partial charge is 0.483 e. The number of nitrogens with two attached hydrogens (primary N) is 1. The van der Waals surface area contributed by atoms with Crippen LogP contribution in [0.25, 0.3) is 0 Å². The van der Waals surface area contributed by atoms with Crippen LogP contribution in [-0.4, -0.2) is 36.5 Å². The summed E-state index contributed by atoms with van der Waals surface area (Å²) in [4.78, 5) is 19.9. The molecular weight excluding hydrogens is 453 g/mol. The van der Waals surface area contributed by atoms with Crippen LogP contribution in [0.2, 0.25) is 0 Å². The summed E-state index contributed by atoms with van der Waals surface area (Å²) < 4.78 is 55.5. The van der Waals surface area contributed by atoms with Gasteiger partial charge in [-0.25, -0.2) is 10.8 Å². The molecule has 1 spiro atoms. The van der Waals surface area contributed by atoms with E-state index in [2.05, 4.69) is 11.6 Å². The van der Waals surface area contributed by atoms with Crippen molar-refractivity contribution in [2.45, 2.75) is 30.5 Å². The first-order chi connectivity index (χ1) is 16.2. The molecule has 5 heterocycles. The maximum atomic E-state index is 14.1. The van der Waals surface area contributed by atoms with Gasteiger partial charge in [0.2, 0.25) is 12.7 Å². The van der Waals surface area contributed by atoms with Gasteiger partial charge in [0.1, 0.15) is 17.0 Å². The third-order valence-corrected chi connectivity index (χ3v) is 6.66. The van der Waals surface area contributed by atoms with E-state index in [1.54, 1.807) is 24.3 Å². The van der Waals surface area contributed by atoms with Crippen LogP contribution in [0, 0.1) is 0 Å². The molecule has 2 unspecified atom stereocenters. The molecule has 1 aromatic heterocycles. The van der Waals surface area contributed by atoms with E-state index < -0.39 is 17.7 Å². The van der Waals surface area contributed by atoms with Gasteiger partial charge in [-0.1, -0.05) is 12.6 Å². The van der Waals surface area contributed by atoms with Crippen LogP contribution in [0.3, 0.4) is 0 Å². The fraction of sp³-hybridized carbons (Fsp3) is 0.304. The predicted molar refractivity (Wildman–Crippen MR) is 114 cm³/mol. The van der Waals surface area contributed by atoms with E-state index in [0.29, 0.717) is 39.8 Å². The average Bonchev–Trinajstić information content (AvgIpc) is 3.51. The molecule has 8 nitrogen and oxygen atoms in total. The highest BCUT2D eigenvalue weighted by Gasteiger charge is 2.57. The van der Waals surface area contributed by atoms with Crippen LogP contribution in [0.5, 0.6) is 11.5 Å². The second-order valence-corrected chi connectivity index (χ2v) is 8.56. The maximum absolute atomic E-state index is 14.1. The second-order valence-electron chi connectivity index (χ2n) is 8.56. The van der Waals surface area contributed by atoms with Crippen molar-refractivity contribution in [2.24, 2.45) is 5.84 Å². The van der Waals surface area contributed by atoms with E-state index in [-0.39, 0.29) is 37.8 Å². The van der Waals surface area contributed by atoms with Gasteiger partial charge in [0, 0.05) is 41.9 Å². The molecule has 0 bridgehead atoms. The standard InChI is InChI=1S/C23H19F3N4O4/c1-12-9-22(15-7-17-18(33-11-32-17)8-16(15)30(12)27)14-3-2-6-28-20(14)29(21(22)31)10-13-4-5-19(34-13)23(24,25)26/h2-4,6-8,19H,1,5,9-11,27H2. The lowest BCUT2D eigenvalue weighted by Crippen LogP contribution is -2.48. The molecule has 1 amide bonds. The summed E-state index contributed by atoms with van der Waals surface area (Å²) in [5.74, 6) is 7.34. The van der Waals surface area contributed by atoms with E-state index in [1.165, 1.54) is 22.2 Å². The number of alkyl halides is 3. The Balaban J connectivity index is 1.46. The molecule has 0 aliphatic carbocycles. The molecule has 0 fully saturated rings. The summed E-state index contributed by atoms with van der Waals surface area (Å²) in [6, 6.07) is 6.93. The molecule has 2 aromatic rings. The predicted octanol–water partition coefficient (Wildman–Crippen LogP) is 3.28. The van der Waals surface area contributed by atoms with Crippen molar-refractivity contribution in [1.29, 1.82) is 0 Å². The Kier molecular flexibility index (Phi) is 4.22. The van der Waals surface area contributed by atoms with Crippen molar-refractivity contribution in [3.63, 3.8) is 0 Å². The molecule has 0 radical (unpaired) electrons. The third kappa shape index (κ3) is 2.76. The summed E-state index contributed by atoms with van der Waals surface area (Å²) in [5, 5.41) is 1.41. The number of halogens is 3. The topological polar surface area (TPSA) is 90.2 Å². The number of carbonyl (C=O) groups excluding carboxylic acids is 1. The summed E-state index contributed by atoms with van der Waals surface area (Å²) in [5.41, 5.74) is 0.988. The first-order valence-corrected chi connectivity index (χ1v) is 10.6. The third-order valence-electron chi connectivity index (χ3n) is 6.66. The van der Waals surface area contributed by atoms with Gasteiger partial charge < -0.3 is 14.2 Å². The highest BCUT2D eigenvalue weighted by Crippen LogP contribution is 2.56. The summed E-state index contributed by atoms with van der Waals surface area (Å²) in [6.07, 6.45) is -3.64. The number of hydrogen-bond donors (Lipinski definition) is 1. The number of hydrogen-bond acceptors (Lipinski definition) is 7. The molecule has 1 aromatic carbocycles. The molecule has 4 aliphatic rings. The lowest BCUT2D eigenvalue weighted by molar-refractivity contribution is -0.202. The number of pyridine rings is 1. The first-order valence-electron chi connectivity index (χ1n) is 10.6. The van der Waals surface area contributed by atoms with Crippen molar-refractivity contribution in [3.8, 4) is 11.5 Å². The molecule has 0 saturated heterocycles. The molecule has 2 atom stereocenters. The summed E-state index contributed by atoms with van der Waals surface area (Å²) in [6.45, 7) is 3.93. The normalized spacial score (nSPS) is 24.9. The Morgan fingerprint density at radius 3 is 2.74 bits per heavy atom. The van der Waals surface area contributed by atoms with Crippen molar-refractivity contribution in [3.05, 3.63) is 65.7 Å². The highest BCUT2D eigenvalue weighted by atomic mass is 19.4. The van der Waals surface area contributed by atoms with Crippen LogP contribution in [0.15, 0.2) is 54.6 Å². The number of carbonyl (C=O) groups is 1. The van der Waals surface area contributed by atoms with Gasteiger partial charge in [-0.05, 0) is 18.2 Å². The SMILES string of the molecule is C=C1CC2(C(=O)N(CC3=CCC(C(F)(F)F)O3)c3ncccc32)c2cc3c(cc2N1N)OCO3. The zero-order valence-corrected chi connectivity index (χ0v) is 17.8. The fourth-order valence-corrected chi connectivity index (χ4v) is 5.07. The fourth-order valence-electron chi connectivity index (χ4n) is 5.07. The number of benzene rings is 1. The average molecular weight is 472 g/mol. The van der Waals surface area contributed by atoms with E-state index in [1.807, 2.05) is 0 Å². The Labute approximate surface area is 192 Å². The number of fused-ring (bicyclic) bond motifs is 5. The lowest BCUT2D eigenvalue weighted by atomic mass is 9.69. The number of amides is 1. The Morgan fingerprint density at radius 1 is 1.24 bits per heavy atom. The van der Waals surface area contributed by atoms with Crippen molar-refractivity contribution < 1.29 is 32.2 Å². The van der Waals surface area contributed by atoms with E-state index in [9.17, 15) is 18.0 Å². The lowest BCUT2D eigenvalue weighted by Gasteiger charge is -2.40. The molecule has 34 heavy (non-hydrogen) atoms. The van der Waals surface area contributed by atoms with Crippen LogP contribution >= 0.6 is 0 Å². The van der Waals surface area contributed by atoms with Gasteiger partial charge in [-0.15, -0.1) is 0 Å². The summed E-state index contributed by atoms with van der Waals surface area (Å²) in [7, 11) is 0. The highest BCUT2D eigenvalue weighted by molar-refractivity contribution is 6.11. The van der Waals surface area contributed by atoms with Gasteiger partial charge in [0.05, 0.1) is 12.2 Å². The minimum Gasteiger partial charge on any atom is -0.483 e. The van der Waals surface area contributed by atoms with Crippen LogP contribution in [-0.2, 0) is 14.9 Å². The number of ether oxygens (including phenoxy) is 3. The van der Waals surface area contributed by atoms with Crippen LogP contribution in [0.4, 0.5) is 24.7 Å². The van der Waals surface area contributed by atoms with Gasteiger partial charge >= 0.3 is 6.18 Å². The van der Waals surface area contributed by atoms with Gasteiger partial charge in [-0.2, -0.15) is 13.2 Å². The first kappa shape index (κ1) is 20.8. The smallest absolute Gasteiger partial charge is 0.425 e. The maximum Gasteiger partial charge on any atom is 0.425 e. The molecule has 2 N–H and O–H groups in total. The number of nitrogens with zero attached hydrogens (tertiary/aromatic N) is 3. The van der Waals surface area contributed by atoms with E-state index >= 15 is 0 Å². The van der Waals surface area contributed by atoms with Gasteiger partial charge in [0.25, 0.3) is 0 Å². The zero-order valence-electron chi connectivity index (χ0n) is 17.8. The monoisotopic (exact) mass is 472 g/mol. The Bertz CT molecular complexity index is 1280. The minimum atomic E-state index is -4.49. The number of rotatable bonds is 2. The Hall–Kier alpha value is -3.73. The van der Waals surface area contributed by atoms with Gasteiger partial charge in [0.15, 0.2) is 17.6 Å². The van der Waals surface area contributed by atoms with Crippen LogP contribution in [0.1, 0.15) is 24.0 Å².